The van der Waals surface area contributed by atoms with E-state index in [1.807, 2.05) is 31.2 Å². The zero-order valence-electron chi connectivity index (χ0n) is 10.2. The van der Waals surface area contributed by atoms with E-state index in [-0.39, 0.29) is 0 Å². The molecular weight excluding hydrogens is 230 g/mol. The van der Waals surface area contributed by atoms with E-state index in [1.165, 1.54) is 4.90 Å². The maximum absolute atomic E-state index is 5.15. The molecule has 0 aliphatic carbocycles. The average molecular weight is 245 g/mol. The fraction of sp³-hybridized carbons (Fsp3) is 0.214. The first-order chi connectivity index (χ1) is 8.22. The molecule has 2 nitrogen and oxygen atoms in total. The van der Waals surface area contributed by atoms with Gasteiger partial charge >= 0.3 is 0 Å². The maximum atomic E-state index is 5.15. The van der Waals surface area contributed by atoms with Crippen molar-refractivity contribution in [1.82, 2.24) is 4.98 Å². The summed E-state index contributed by atoms with van der Waals surface area (Å²) in [5.74, 6) is 0.867. The van der Waals surface area contributed by atoms with Crippen molar-refractivity contribution in [2.24, 2.45) is 0 Å². The Morgan fingerprint density at radius 1 is 1.12 bits per heavy atom. The van der Waals surface area contributed by atoms with Gasteiger partial charge < -0.3 is 4.74 Å². The van der Waals surface area contributed by atoms with Crippen molar-refractivity contribution in [2.45, 2.75) is 11.8 Å². The molecule has 1 heterocycles. The minimum absolute atomic E-state index is 0.867. The lowest BCUT2D eigenvalue weighted by Gasteiger charge is -2.06. The normalized spacial score (nSPS) is 10.3. The van der Waals surface area contributed by atoms with Gasteiger partial charge in [-0.3, -0.25) is 4.98 Å². The maximum Gasteiger partial charge on any atom is 0.118 e. The van der Waals surface area contributed by atoms with Crippen LogP contribution in [0.15, 0.2) is 41.3 Å². The Morgan fingerprint density at radius 2 is 1.82 bits per heavy atom. The van der Waals surface area contributed by atoms with Crippen molar-refractivity contribution in [3.05, 3.63) is 42.1 Å². The van der Waals surface area contributed by atoms with Gasteiger partial charge in [0.2, 0.25) is 0 Å². The summed E-state index contributed by atoms with van der Waals surface area (Å²) < 4.78 is 5.15. The topological polar surface area (TPSA) is 22.1 Å². The predicted molar refractivity (Wildman–Crippen MR) is 72.7 cm³/mol. The summed E-state index contributed by atoms with van der Waals surface area (Å²) in [5, 5.41) is 0. The standard InChI is InChI=1S/C14H15NOS/c1-10-8-13(17-3)9-14(15-10)11-4-6-12(16-2)7-5-11/h4-9H,1-3H3. The van der Waals surface area contributed by atoms with Crippen LogP contribution < -0.4 is 4.74 Å². The van der Waals surface area contributed by atoms with E-state index in [0.29, 0.717) is 0 Å². The number of ether oxygens (including phenoxy) is 1. The number of hydrogen-bond donors (Lipinski definition) is 0. The lowest BCUT2D eigenvalue weighted by molar-refractivity contribution is 0.415. The molecule has 2 rings (SSSR count). The lowest BCUT2D eigenvalue weighted by Crippen LogP contribution is -1.89. The van der Waals surface area contributed by atoms with Gasteiger partial charge in [0.1, 0.15) is 5.75 Å². The van der Waals surface area contributed by atoms with Gasteiger partial charge in [0.15, 0.2) is 0 Å². The van der Waals surface area contributed by atoms with Crippen molar-refractivity contribution in [1.29, 1.82) is 0 Å². The third-order valence-corrected chi connectivity index (χ3v) is 3.26. The molecule has 2 aromatic rings. The smallest absolute Gasteiger partial charge is 0.118 e. The number of aromatic nitrogens is 1. The van der Waals surface area contributed by atoms with Crippen molar-refractivity contribution in [3.63, 3.8) is 0 Å². The Morgan fingerprint density at radius 3 is 2.41 bits per heavy atom. The van der Waals surface area contributed by atoms with Crippen LogP contribution in [-0.4, -0.2) is 18.3 Å². The van der Waals surface area contributed by atoms with Gasteiger partial charge in [-0.2, -0.15) is 0 Å². The molecule has 1 aromatic carbocycles. The highest BCUT2D eigenvalue weighted by molar-refractivity contribution is 7.98. The number of methoxy groups -OCH3 is 1. The van der Waals surface area contributed by atoms with Crippen molar-refractivity contribution >= 4 is 11.8 Å². The van der Waals surface area contributed by atoms with E-state index in [1.54, 1.807) is 18.9 Å². The van der Waals surface area contributed by atoms with Crippen LogP contribution in [0.25, 0.3) is 11.3 Å². The summed E-state index contributed by atoms with van der Waals surface area (Å²) in [4.78, 5) is 5.79. The van der Waals surface area contributed by atoms with Gasteiger partial charge in [0, 0.05) is 16.2 Å². The van der Waals surface area contributed by atoms with Gasteiger partial charge in [-0.1, -0.05) is 0 Å². The largest absolute Gasteiger partial charge is 0.497 e. The van der Waals surface area contributed by atoms with Crippen LogP contribution >= 0.6 is 11.8 Å². The van der Waals surface area contributed by atoms with E-state index in [9.17, 15) is 0 Å². The molecule has 88 valence electrons. The van der Waals surface area contributed by atoms with Crippen LogP contribution in [0.2, 0.25) is 0 Å². The molecule has 0 unspecified atom stereocenters. The molecule has 0 aliphatic heterocycles. The Balaban J connectivity index is 2.41. The van der Waals surface area contributed by atoms with Crippen molar-refractivity contribution in [3.8, 4) is 17.0 Å². The van der Waals surface area contributed by atoms with E-state index >= 15 is 0 Å². The molecule has 1 aromatic heterocycles. The molecule has 0 aliphatic rings. The van der Waals surface area contributed by atoms with Crippen LogP contribution in [0, 0.1) is 6.92 Å². The number of nitrogens with zero attached hydrogens (tertiary/aromatic N) is 1. The highest BCUT2D eigenvalue weighted by Crippen LogP contribution is 2.25. The SMILES string of the molecule is COc1ccc(-c2cc(SC)cc(C)n2)cc1. The first kappa shape index (κ1) is 12.0. The molecule has 0 spiro atoms. The molecule has 0 atom stereocenters. The van der Waals surface area contributed by atoms with E-state index in [2.05, 4.69) is 23.4 Å². The van der Waals surface area contributed by atoms with Gasteiger partial charge in [0.25, 0.3) is 0 Å². The lowest BCUT2D eigenvalue weighted by atomic mass is 10.1. The summed E-state index contributed by atoms with van der Waals surface area (Å²) in [5.41, 5.74) is 3.17. The third kappa shape index (κ3) is 2.80. The van der Waals surface area contributed by atoms with E-state index in [0.717, 1.165) is 22.7 Å². The van der Waals surface area contributed by atoms with Crippen LogP contribution in [0.3, 0.4) is 0 Å². The molecule has 0 fully saturated rings. The Labute approximate surface area is 106 Å². The van der Waals surface area contributed by atoms with Gasteiger partial charge in [-0.15, -0.1) is 11.8 Å². The highest BCUT2D eigenvalue weighted by atomic mass is 32.2. The van der Waals surface area contributed by atoms with Gasteiger partial charge in [-0.25, -0.2) is 0 Å². The zero-order chi connectivity index (χ0) is 12.3. The monoisotopic (exact) mass is 245 g/mol. The molecule has 3 heteroatoms. The number of rotatable bonds is 3. The summed E-state index contributed by atoms with van der Waals surface area (Å²) in [6.45, 7) is 2.02. The number of thioether (sulfide) groups is 1. The van der Waals surface area contributed by atoms with Gasteiger partial charge in [-0.05, 0) is 49.6 Å². The molecule has 0 N–H and O–H groups in total. The molecule has 0 radical (unpaired) electrons. The van der Waals surface area contributed by atoms with Crippen molar-refractivity contribution in [2.75, 3.05) is 13.4 Å². The summed E-state index contributed by atoms with van der Waals surface area (Å²) in [6, 6.07) is 12.2. The van der Waals surface area contributed by atoms with Crippen molar-refractivity contribution < 1.29 is 4.74 Å². The summed E-state index contributed by atoms with van der Waals surface area (Å²) in [6.07, 6.45) is 2.08. The highest BCUT2D eigenvalue weighted by Gasteiger charge is 2.03. The summed E-state index contributed by atoms with van der Waals surface area (Å²) in [7, 11) is 1.67. The zero-order valence-corrected chi connectivity index (χ0v) is 11.0. The Hall–Kier alpha value is -1.48. The molecule has 0 saturated carbocycles. The van der Waals surface area contributed by atoms with Crippen LogP contribution in [0.5, 0.6) is 5.75 Å². The third-order valence-electron chi connectivity index (χ3n) is 2.55. The number of benzene rings is 1. The quantitative estimate of drug-likeness (QED) is 0.768. The molecule has 0 bridgehead atoms. The molecule has 0 amide bonds. The fourth-order valence-corrected chi connectivity index (χ4v) is 2.18. The Bertz CT molecular complexity index is 508. The van der Waals surface area contributed by atoms with Crippen LogP contribution in [0.1, 0.15) is 5.69 Å². The first-order valence-corrected chi connectivity index (χ1v) is 6.62. The second-order valence-corrected chi connectivity index (χ2v) is 4.64. The van der Waals surface area contributed by atoms with Gasteiger partial charge in [0.05, 0.1) is 12.8 Å². The van der Waals surface area contributed by atoms with E-state index in [4.69, 9.17) is 4.74 Å². The molecule has 17 heavy (non-hydrogen) atoms. The number of hydrogen-bond acceptors (Lipinski definition) is 3. The predicted octanol–water partition coefficient (Wildman–Crippen LogP) is 3.79. The van der Waals surface area contributed by atoms with Crippen LogP contribution in [-0.2, 0) is 0 Å². The number of aryl methyl sites for hydroxylation is 1. The second kappa shape index (κ2) is 5.23. The molecule has 0 saturated heterocycles. The van der Waals surface area contributed by atoms with Crippen LogP contribution in [0.4, 0.5) is 0 Å². The average Bonchev–Trinajstić information content (AvgIpc) is 2.38. The second-order valence-electron chi connectivity index (χ2n) is 3.76. The minimum atomic E-state index is 0.867. The Kier molecular flexibility index (Phi) is 3.69. The fourth-order valence-electron chi connectivity index (χ4n) is 1.66. The minimum Gasteiger partial charge on any atom is -0.497 e. The summed E-state index contributed by atoms with van der Waals surface area (Å²) >= 11 is 1.73. The number of pyridine rings is 1. The van der Waals surface area contributed by atoms with E-state index < -0.39 is 0 Å². The first-order valence-electron chi connectivity index (χ1n) is 5.40. The molecular formula is C14H15NOS.